The zero-order valence-electron chi connectivity index (χ0n) is 8.94. The van der Waals surface area contributed by atoms with Crippen LogP contribution in [0.1, 0.15) is 43.2 Å². The highest BCUT2D eigenvalue weighted by molar-refractivity contribution is 7.05. The molecule has 2 fully saturated rings. The molecule has 2 atom stereocenters. The summed E-state index contributed by atoms with van der Waals surface area (Å²) >= 11 is 1.40. The van der Waals surface area contributed by atoms with Gasteiger partial charge in [-0.15, -0.1) is 5.10 Å². The molecular formula is C11H16N2OS. The summed E-state index contributed by atoms with van der Waals surface area (Å²) in [5, 5.41) is 14.8. The highest BCUT2D eigenvalue weighted by atomic mass is 32.1. The van der Waals surface area contributed by atoms with Crippen LogP contribution < -0.4 is 0 Å². The van der Waals surface area contributed by atoms with Gasteiger partial charge in [0.1, 0.15) is 5.60 Å². The largest absolute Gasteiger partial charge is 0.384 e. The number of aromatic nitrogens is 2. The minimum Gasteiger partial charge on any atom is -0.384 e. The van der Waals surface area contributed by atoms with Gasteiger partial charge in [0.15, 0.2) is 0 Å². The van der Waals surface area contributed by atoms with Crippen LogP contribution in [-0.4, -0.2) is 14.7 Å². The first-order chi connectivity index (χ1) is 7.28. The fourth-order valence-corrected chi connectivity index (χ4v) is 4.09. The van der Waals surface area contributed by atoms with E-state index in [1.165, 1.54) is 30.8 Å². The van der Waals surface area contributed by atoms with Crippen molar-refractivity contribution in [3.8, 4) is 0 Å². The average Bonchev–Trinajstić information content (AvgIpc) is 2.72. The molecular weight excluding hydrogens is 208 g/mol. The Morgan fingerprint density at radius 2 is 2.20 bits per heavy atom. The molecule has 2 aliphatic carbocycles. The van der Waals surface area contributed by atoms with Gasteiger partial charge >= 0.3 is 0 Å². The molecule has 2 unspecified atom stereocenters. The summed E-state index contributed by atoms with van der Waals surface area (Å²) in [5.41, 5.74) is 0.510. The molecule has 2 aliphatic rings. The van der Waals surface area contributed by atoms with Crippen LogP contribution in [0, 0.1) is 11.8 Å². The zero-order valence-corrected chi connectivity index (χ0v) is 9.76. The summed E-state index contributed by atoms with van der Waals surface area (Å²) in [4.78, 5) is 1.07. The van der Waals surface area contributed by atoms with Crippen molar-refractivity contribution in [2.45, 2.75) is 44.6 Å². The highest BCUT2D eigenvalue weighted by Crippen LogP contribution is 2.67. The number of nitrogens with zero attached hydrogens (tertiary/aromatic N) is 2. The number of aryl methyl sites for hydroxylation is 1. The van der Waals surface area contributed by atoms with Crippen LogP contribution in [-0.2, 0) is 12.0 Å². The van der Waals surface area contributed by atoms with Gasteiger partial charge in [0.2, 0.25) is 0 Å². The zero-order chi connectivity index (χ0) is 10.5. The lowest BCUT2D eigenvalue weighted by Gasteiger charge is -2.12. The van der Waals surface area contributed by atoms with Crippen LogP contribution in [0.3, 0.4) is 0 Å². The molecule has 3 rings (SSSR count). The van der Waals surface area contributed by atoms with Gasteiger partial charge in [-0.1, -0.05) is 24.3 Å². The molecule has 0 saturated heterocycles. The van der Waals surface area contributed by atoms with Gasteiger partial charge < -0.3 is 5.11 Å². The lowest BCUT2D eigenvalue weighted by molar-refractivity contribution is 0.108. The van der Waals surface area contributed by atoms with Crippen molar-refractivity contribution in [2.24, 2.45) is 11.8 Å². The fraction of sp³-hybridized carbons (Fsp3) is 0.818. The Labute approximate surface area is 93.7 Å². The molecule has 0 bridgehead atoms. The monoisotopic (exact) mass is 224 g/mol. The molecule has 0 aliphatic heterocycles. The normalized spacial score (nSPS) is 38.0. The predicted molar refractivity (Wildman–Crippen MR) is 58.6 cm³/mol. The molecule has 0 aromatic carbocycles. The van der Waals surface area contributed by atoms with Gasteiger partial charge in [-0.05, 0) is 42.6 Å². The van der Waals surface area contributed by atoms with E-state index >= 15 is 0 Å². The van der Waals surface area contributed by atoms with Gasteiger partial charge in [0.05, 0.1) is 10.6 Å². The average molecular weight is 224 g/mol. The first kappa shape index (κ1) is 9.73. The third kappa shape index (κ3) is 1.21. The van der Waals surface area contributed by atoms with Crippen molar-refractivity contribution in [2.75, 3.05) is 0 Å². The lowest BCUT2D eigenvalue weighted by Crippen LogP contribution is -2.13. The van der Waals surface area contributed by atoms with Crippen molar-refractivity contribution in [3.05, 3.63) is 10.6 Å². The van der Waals surface area contributed by atoms with E-state index in [0.29, 0.717) is 11.8 Å². The SMILES string of the molecule is CCCc1nnsc1C1(O)C2CCCC21. The van der Waals surface area contributed by atoms with Crippen LogP contribution in [0.25, 0.3) is 0 Å². The topological polar surface area (TPSA) is 46.0 Å². The first-order valence-electron chi connectivity index (χ1n) is 5.82. The standard InChI is InChI=1S/C11H16N2OS/c1-2-4-9-10(15-13-12-9)11(14)7-5-3-6-8(7)11/h7-8,14H,2-6H2,1H3. The Bertz CT molecular complexity index is 366. The van der Waals surface area contributed by atoms with Crippen molar-refractivity contribution in [1.82, 2.24) is 9.59 Å². The van der Waals surface area contributed by atoms with E-state index in [-0.39, 0.29) is 0 Å². The quantitative estimate of drug-likeness (QED) is 0.855. The molecule has 2 saturated carbocycles. The van der Waals surface area contributed by atoms with Crippen molar-refractivity contribution in [3.63, 3.8) is 0 Å². The maximum absolute atomic E-state index is 10.6. The summed E-state index contributed by atoms with van der Waals surface area (Å²) < 4.78 is 4.01. The maximum atomic E-state index is 10.6. The van der Waals surface area contributed by atoms with Crippen LogP contribution >= 0.6 is 11.5 Å². The summed E-state index contributed by atoms with van der Waals surface area (Å²) in [5.74, 6) is 1.02. The summed E-state index contributed by atoms with van der Waals surface area (Å²) in [7, 11) is 0. The molecule has 82 valence electrons. The number of hydrogen-bond donors (Lipinski definition) is 1. The molecule has 15 heavy (non-hydrogen) atoms. The van der Waals surface area contributed by atoms with E-state index in [2.05, 4.69) is 16.5 Å². The van der Waals surface area contributed by atoms with E-state index in [1.54, 1.807) is 0 Å². The second kappa shape index (κ2) is 3.25. The van der Waals surface area contributed by atoms with Gasteiger partial charge in [-0.3, -0.25) is 0 Å². The highest BCUT2D eigenvalue weighted by Gasteiger charge is 2.67. The number of hydrogen-bond acceptors (Lipinski definition) is 4. The minimum absolute atomic E-state index is 0.510. The van der Waals surface area contributed by atoms with Crippen LogP contribution in [0.5, 0.6) is 0 Å². The molecule has 0 amide bonds. The minimum atomic E-state index is -0.531. The van der Waals surface area contributed by atoms with E-state index in [1.807, 2.05) is 0 Å². The molecule has 1 heterocycles. The number of rotatable bonds is 3. The maximum Gasteiger partial charge on any atom is 0.109 e. The smallest absolute Gasteiger partial charge is 0.109 e. The molecule has 0 radical (unpaired) electrons. The van der Waals surface area contributed by atoms with Gasteiger partial charge in [0, 0.05) is 0 Å². The van der Waals surface area contributed by atoms with Crippen molar-refractivity contribution >= 4 is 11.5 Å². The van der Waals surface area contributed by atoms with E-state index < -0.39 is 5.60 Å². The molecule has 3 nitrogen and oxygen atoms in total. The van der Waals surface area contributed by atoms with Crippen LogP contribution in [0.2, 0.25) is 0 Å². The Kier molecular flexibility index (Phi) is 2.11. The summed E-state index contributed by atoms with van der Waals surface area (Å²) in [6.07, 6.45) is 5.68. The summed E-state index contributed by atoms with van der Waals surface area (Å²) in [6, 6.07) is 0. The van der Waals surface area contributed by atoms with Gasteiger partial charge in [0.25, 0.3) is 0 Å². The Morgan fingerprint density at radius 1 is 1.47 bits per heavy atom. The first-order valence-corrected chi connectivity index (χ1v) is 6.60. The molecule has 4 heteroatoms. The third-order valence-electron chi connectivity index (χ3n) is 3.94. The molecule has 0 spiro atoms. The fourth-order valence-electron chi connectivity index (χ4n) is 3.17. The van der Waals surface area contributed by atoms with Crippen LogP contribution in [0.4, 0.5) is 0 Å². The van der Waals surface area contributed by atoms with Crippen LogP contribution in [0.15, 0.2) is 0 Å². The molecule has 1 N–H and O–H groups in total. The van der Waals surface area contributed by atoms with E-state index in [0.717, 1.165) is 23.4 Å². The lowest BCUT2D eigenvalue weighted by atomic mass is 10.0. The second-order valence-corrected chi connectivity index (χ2v) is 5.52. The number of fused-ring (bicyclic) bond motifs is 1. The van der Waals surface area contributed by atoms with E-state index in [9.17, 15) is 5.11 Å². The third-order valence-corrected chi connectivity index (χ3v) is 4.85. The van der Waals surface area contributed by atoms with Crippen molar-refractivity contribution < 1.29 is 5.11 Å². The van der Waals surface area contributed by atoms with Gasteiger partial charge in [-0.2, -0.15) is 0 Å². The molecule has 1 aromatic rings. The van der Waals surface area contributed by atoms with Gasteiger partial charge in [-0.25, -0.2) is 0 Å². The van der Waals surface area contributed by atoms with E-state index in [4.69, 9.17) is 0 Å². The summed E-state index contributed by atoms with van der Waals surface area (Å²) in [6.45, 7) is 2.14. The number of aliphatic hydroxyl groups is 1. The predicted octanol–water partition coefficient (Wildman–Crippen LogP) is 2.11. The molecule has 1 aromatic heterocycles. The Balaban J connectivity index is 1.90. The second-order valence-electron chi connectivity index (χ2n) is 4.77. The Morgan fingerprint density at radius 3 is 2.87 bits per heavy atom. The van der Waals surface area contributed by atoms with Crippen molar-refractivity contribution in [1.29, 1.82) is 0 Å². The Hall–Kier alpha value is -0.480.